The zero-order chi connectivity index (χ0) is 15.2. The predicted octanol–water partition coefficient (Wildman–Crippen LogP) is 0.587. The van der Waals surface area contributed by atoms with Crippen molar-refractivity contribution in [3.05, 3.63) is 35.9 Å². The summed E-state index contributed by atoms with van der Waals surface area (Å²) in [5.41, 5.74) is 6.50. The molecule has 5 heteroatoms. The Bertz CT molecular complexity index is 452. The summed E-state index contributed by atoms with van der Waals surface area (Å²) in [6.07, 6.45) is 0.452. The van der Waals surface area contributed by atoms with Gasteiger partial charge < -0.3 is 16.4 Å². The second-order valence-corrected chi connectivity index (χ2v) is 5.81. The number of carbonyl (C=O) groups is 2. The zero-order valence-electron chi connectivity index (χ0n) is 12.3. The van der Waals surface area contributed by atoms with E-state index in [1.807, 2.05) is 51.1 Å². The van der Waals surface area contributed by atoms with E-state index in [-0.39, 0.29) is 23.9 Å². The maximum absolute atomic E-state index is 11.8. The fourth-order valence-corrected chi connectivity index (χ4v) is 1.72. The third-order valence-electron chi connectivity index (χ3n) is 2.57. The molecular formula is C15H23N3O2. The first kappa shape index (κ1) is 16.2. The minimum atomic E-state index is -0.653. The molecule has 0 spiro atoms. The average molecular weight is 277 g/mol. The standard InChI is InChI=1S/C15H23N3O2/c1-15(2,3)18-13(19)10-17-14(20)12(16)9-11-7-5-4-6-8-11/h4-8,12H,9-10,16H2,1-3H3,(H,17,20)(H,18,19)/t12-/m1/s1. The van der Waals surface area contributed by atoms with E-state index in [2.05, 4.69) is 10.6 Å². The lowest BCUT2D eigenvalue weighted by atomic mass is 10.1. The number of carbonyl (C=O) groups excluding carboxylic acids is 2. The number of benzene rings is 1. The van der Waals surface area contributed by atoms with E-state index in [1.165, 1.54) is 0 Å². The first-order valence-electron chi connectivity index (χ1n) is 6.66. The summed E-state index contributed by atoms with van der Waals surface area (Å²) < 4.78 is 0. The van der Waals surface area contributed by atoms with Crippen LogP contribution in [-0.4, -0.2) is 29.9 Å². The second kappa shape index (κ2) is 7.05. The number of hydrogen-bond donors (Lipinski definition) is 3. The fraction of sp³-hybridized carbons (Fsp3) is 0.467. The van der Waals surface area contributed by atoms with Crippen LogP contribution in [0.3, 0.4) is 0 Å². The topological polar surface area (TPSA) is 84.2 Å². The summed E-state index contributed by atoms with van der Waals surface area (Å²) >= 11 is 0. The van der Waals surface area contributed by atoms with Crippen LogP contribution in [0.1, 0.15) is 26.3 Å². The van der Waals surface area contributed by atoms with Crippen molar-refractivity contribution in [1.82, 2.24) is 10.6 Å². The molecule has 5 nitrogen and oxygen atoms in total. The minimum Gasteiger partial charge on any atom is -0.350 e. The highest BCUT2D eigenvalue weighted by Gasteiger charge is 2.17. The van der Waals surface area contributed by atoms with Gasteiger partial charge >= 0.3 is 0 Å². The lowest BCUT2D eigenvalue weighted by Gasteiger charge is -2.21. The van der Waals surface area contributed by atoms with Gasteiger partial charge in [0, 0.05) is 5.54 Å². The number of rotatable bonds is 5. The van der Waals surface area contributed by atoms with Crippen molar-refractivity contribution in [3.63, 3.8) is 0 Å². The van der Waals surface area contributed by atoms with Crippen LogP contribution in [-0.2, 0) is 16.0 Å². The van der Waals surface area contributed by atoms with Crippen molar-refractivity contribution in [2.24, 2.45) is 5.73 Å². The molecule has 1 aromatic carbocycles. The molecule has 1 atom stereocenters. The lowest BCUT2D eigenvalue weighted by Crippen LogP contribution is -2.49. The summed E-state index contributed by atoms with van der Waals surface area (Å²) in [6, 6.07) is 8.89. The van der Waals surface area contributed by atoms with Gasteiger partial charge in [-0.05, 0) is 32.8 Å². The quantitative estimate of drug-likeness (QED) is 0.736. The van der Waals surface area contributed by atoms with E-state index in [0.717, 1.165) is 5.56 Å². The molecule has 110 valence electrons. The molecule has 0 aliphatic rings. The van der Waals surface area contributed by atoms with Gasteiger partial charge in [0.1, 0.15) is 0 Å². The summed E-state index contributed by atoms with van der Waals surface area (Å²) in [5.74, 6) is -0.546. The predicted molar refractivity (Wildman–Crippen MR) is 79.0 cm³/mol. The van der Waals surface area contributed by atoms with Gasteiger partial charge in [-0.2, -0.15) is 0 Å². The Morgan fingerprint density at radius 3 is 2.35 bits per heavy atom. The number of nitrogens with one attached hydrogen (secondary N) is 2. The van der Waals surface area contributed by atoms with Gasteiger partial charge in [-0.25, -0.2) is 0 Å². The molecule has 0 fully saturated rings. The van der Waals surface area contributed by atoms with Crippen molar-refractivity contribution >= 4 is 11.8 Å². The largest absolute Gasteiger partial charge is 0.350 e. The van der Waals surface area contributed by atoms with Crippen LogP contribution >= 0.6 is 0 Å². The van der Waals surface area contributed by atoms with Crippen LogP contribution in [0, 0.1) is 0 Å². The summed E-state index contributed by atoms with van der Waals surface area (Å²) in [7, 11) is 0. The van der Waals surface area contributed by atoms with Gasteiger partial charge in [0.15, 0.2) is 0 Å². The van der Waals surface area contributed by atoms with Gasteiger partial charge in [-0.3, -0.25) is 9.59 Å². The monoisotopic (exact) mass is 277 g/mol. The Balaban J connectivity index is 2.37. The Morgan fingerprint density at radius 1 is 1.20 bits per heavy atom. The molecule has 0 aromatic heterocycles. The highest BCUT2D eigenvalue weighted by atomic mass is 16.2. The molecule has 0 saturated carbocycles. The maximum Gasteiger partial charge on any atom is 0.239 e. The molecule has 0 saturated heterocycles. The van der Waals surface area contributed by atoms with Crippen molar-refractivity contribution in [3.8, 4) is 0 Å². The van der Waals surface area contributed by atoms with Crippen LogP contribution in [0.25, 0.3) is 0 Å². The van der Waals surface area contributed by atoms with Crippen LogP contribution < -0.4 is 16.4 Å². The Kier molecular flexibility index (Phi) is 5.70. The SMILES string of the molecule is CC(C)(C)NC(=O)CNC(=O)[C@H](N)Cc1ccccc1. The molecule has 1 rings (SSSR count). The summed E-state index contributed by atoms with van der Waals surface area (Å²) in [4.78, 5) is 23.4. The minimum absolute atomic E-state index is 0.0570. The highest BCUT2D eigenvalue weighted by Crippen LogP contribution is 2.02. The normalized spacial score (nSPS) is 12.6. The second-order valence-electron chi connectivity index (χ2n) is 5.81. The van der Waals surface area contributed by atoms with Crippen LogP contribution in [0.2, 0.25) is 0 Å². The van der Waals surface area contributed by atoms with E-state index in [9.17, 15) is 9.59 Å². The molecule has 4 N–H and O–H groups in total. The van der Waals surface area contributed by atoms with Gasteiger partial charge in [0.25, 0.3) is 0 Å². The average Bonchev–Trinajstić information content (AvgIpc) is 2.35. The maximum atomic E-state index is 11.8. The third kappa shape index (κ3) is 6.33. The summed E-state index contributed by atoms with van der Waals surface area (Å²) in [5, 5.41) is 5.32. The third-order valence-corrected chi connectivity index (χ3v) is 2.57. The van der Waals surface area contributed by atoms with E-state index in [0.29, 0.717) is 6.42 Å². The van der Waals surface area contributed by atoms with E-state index < -0.39 is 6.04 Å². The Hall–Kier alpha value is -1.88. The van der Waals surface area contributed by atoms with E-state index in [4.69, 9.17) is 5.73 Å². The molecule has 0 unspecified atom stereocenters. The van der Waals surface area contributed by atoms with Gasteiger partial charge in [0.05, 0.1) is 12.6 Å². The van der Waals surface area contributed by atoms with Gasteiger partial charge in [-0.15, -0.1) is 0 Å². The first-order chi connectivity index (χ1) is 9.28. The number of amides is 2. The molecule has 1 aromatic rings. The molecule has 0 aliphatic carbocycles. The van der Waals surface area contributed by atoms with Crippen molar-refractivity contribution in [2.45, 2.75) is 38.8 Å². The molecule has 0 bridgehead atoms. The van der Waals surface area contributed by atoms with Crippen molar-refractivity contribution in [2.75, 3.05) is 6.54 Å². The highest BCUT2D eigenvalue weighted by molar-refractivity contribution is 5.87. The van der Waals surface area contributed by atoms with Crippen LogP contribution in [0.4, 0.5) is 0 Å². The number of nitrogens with two attached hydrogens (primary N) is 1. The summed E-state index contributed by atoms with van der Waals surface area (Å²) in [6.45, 7) is 5.59. The molecular weight excluding hydrogens is 254 g/mol. The Labute approximate surface area is 119 Å². The zero-order valence-corrected chi connectivity index (χ0v) is 12.3. The number of hydrogen-bond acceptors (Lipinski definition) is 3. The molecule has 2 amide bonds. The van der Waals surface area contributed by atoms with Gasteiger partial charge in [0.2, 0.25) is 11.8 Å². The van der Waals surface area contributed by atoms with Crippen LogP contribution in [0.5, 0.6) is 0 Å². The first-order valence-corrected chi connectivity index (χ1v) is 6.66. The van der Waals surface area contributed by atoms with Crippen molar-refractivity contribution < 1.29 is 9.59 Å². The van der Waals surface area contributed by atoms with Gasteiger partial charge in [-0.1, -0.05) is 30.3 Å². The molecule has 20 heavy (non-hydrogen) atoms. The lowest BCUT2D eigenvalue weighted by molar-refractivity contribution is -0.127. The van der Waals surface area contributed by atoms with Crippen LogP contribution in [0.15, 0.2) is 30.3 Å². The fourth-order valence-electron chi connectivity index (χ4n) is 1.72. The van der Waals surface area contributed by atoms with Crippen molar-refractivity contribution in [1.29, 1.82) is 0 Å². The van der Waals surface area contributed by atoms with E-state index in [1.54, 1.807) is 0 Å². The smallest absolute Gasteiger partial charge is 0.239 e. The molecule has 0 aliphatic heterocycles. The molecule has 0 heterocycles. The Morgan fingerprint density at radius 2 is 1.80 bits per heavy atom. The molecule has 0 radical (unpaired) electrons. The van der Waals surface area contributed by atoms with E-state index >= 15 is 0 Å².